The van der Waals surface area contributed by atoms with Gasteiger partial charge in [-0.1, -0.05) is 12.1 Å². The predicted octanol–water partition coefficient (Wildman–Crippen LogP) is 4.34. The number of ether oxygens (including phenoxy) is 2. The molecule has 2 amide bonds. The zero-order valence-corrected chi connectivity index (χ0v) is 15.9. The quantitative estimate of drug-likeness (QED) is 0.795. The highest BCUT2D eigenvalue weighted by molar-refractivity contribution is 6.00. The van der Waals surface area contributed by atoms with Crippen LogP contribution in [0.2, 0.25) is 0 Å². The number of carbonyl (C=O) groups is 1. The van der Waals surface area contributed by atoms with E-state index in [1.54, 1.807) is 7.11 Å². The number of nitrogens with zero attached hydrogens (tertiary/aromatic N) is 1. The molecule has 1 aliphatic rings. The van der Waals surface area contributed by atoms with E-state index in [0.717, 1.165) is 37.3 Å². The predicted molar refractivity (Wildman–Crippen MR) is 109 cm³/mol. The first kappa shape index (κ1) is 19.0. The maximum atomic E-state index is 12.3. The lowest BCUT2D eigenvalue weighted by Crippen LogP contribution is -2.39. The van der Waals surface area contributed by atoms with Crippen LogP contribution in [0.4, 0.5) is 21.9 Å². The SMILES string of the molecule is CCOc1ccccc1NC(=O)Nc1ccc(N2CCCC(OC)C2)cc1. The topological polar surface area (TPSA) is 62.8 Å². The van der Waals surface area contributed by atoms with Gasteiger partial charge in [0.1, 0.15) is 5.75 Å². The van der Waals surface area contributed by atoms with Crippen LogP contribution in [0.25, 0.3) is 0 Å². The van der Waals surface area contributed by atoms with Crippen molar-refractivity contribution < 1.29 is 14.3 Å². The lowest BCUT2D eigenvalue weighted by Gasteiger charge is -2.33. The molecule has 1 unspecified atom stereocenters. The molecule has 2 N–H and O–H groups in total. The Morgan fingerprint density at radius 3 is 2.67 bits per heavy atom. The molecule has 1 fully saturated rings. The maximum absolute atomic E-state index is 12.3. The third kappa shape index (κ3) is 5.14. The fourth-order valence-electron chi connectivity index (χ4n) is 3.26. The number of rotatable bonds is 6. The van der Waals surface area contributed by atoms with Crippen molar-refractivity contribution in [1.82, 2.24) is 0 Å². The number of nitrogens with one attached hydrogen (secondary N) is 2. The summed E-state index contributed by atoms with van der Waals surface area (Å²) >= 11 is 0. The van der Waals surface area contributed by atoms with Gasteiger partial charge in [-0.3, -0.25) is 0 Å². The molecule has 6 nitrogen and oxygen atoms in total. The summed E-state index contributed by atoms with van der Waals surface area (Å²) in [7, 11) is 1.77. The largest absolute Gasteiger partial charge is 0.492 e. The van der Waals surface area contributed by atoms with Crippen LogP contribution in [0.15, 0.2) is 48.5 Å². The molecule has 27 heavy (non-hydrogen) atoms. The molecule has 6 heteroatoms. The second-order valence-electron chi connectivity index (χ2n) is 6.50. The highest BCUT2D eigenvalue weighted by Crippen LogP contribution is 2.25. The van der Waals surface area contributed by atoms with E-state index in [4.69, 9.17) is 9.47 Å². The highest BCUT2D eigenvalue weighted by atomic mass is 16.5. The van der Waals surface area contributed by atoms with Crippen LogP contribution < -0.4 is 20.3 Å². The Bertz CT molecular complexity index is 749. The summed E-state index contributed by atoms with van der Waals surface area (Å²) < 4.78 is 11.0. The summed E-state index contributed by atoms with van der Waals surface area (Å²) in [5.74, 6) is 0.656. The van der Waals surface area contributed by atoms with E-state index in [2.05, 4.69) is 15.5 Å². The summed E-state index contributed by atoms with van der Waals surface area (Å²) in [5, 5.41) is 5.69. The fourth-order valence-corrected chi connectivity index (χ4v) is 3.26. The van der Waals surface area contributed by atoms with E-state index >= 15 is 0 Å². The van der Waals surface area contributed by atoms with Crippen molar-refractivity contribution in [2.45, 2.75) is 25.9 Å². The van der Waals surface area contributed by atoms with E-state index in [9.17, 15) is 4.79 Å². The van der Waals surface area contributed by atoms with Gasteiger partial charge in [-0.05, 0) is 56.2 Å². The van der Waals surface area contributed by atoms with Gasteiger partial charge in [0.2, 0.25) is 0 Å². The fraction of sp³-hybridized carbons (Fsp3) is 0.381. The first-order chi connectivity index (χ1) is 13.2. The number of amides is 2. The lowest BCUT2D eigenvalue weighted by molar-refractivity contribution is 0.0893. The van der Waals surface area contributed by atoms with Gasteiger partial charge >= 0.3 is 6.03 Å². The van der Waals surface area contributed by atoms with E-state index in [1.165, 1.54) is 0 Å². The second kappa shape index (κ2) is 9.28. The monoisotopic (exact) mass is 369 g/mol. The van der Waals surface area contributed by atoms with Crippen LogP contribution in [0, 0.1) is 0 Å². The summed E-state index contributed by atoms with van der Waals surface area (Å²) in [4.78, 5) is 14.6. The maximum Gasteiger partial charge on any atom is 0.323 e. The van der Waals surface area contributed by atoms with Gasteiger partial charge in [0.05, 0.1) is 18.4 Å². The van der Waals surface area contributed by atoms with Crippen LogP contribution in [0.1, 0.15) is 19.8 Å². The van der Waals surface area contributed by atoms with Crippen LogP contribution in [-0.4, -0.2) is 38.9 Å². The minimum absolute atomic E-state index is 0.285. The molecule has 2 aromatic rings. The number of anilines is 3. The minimum Gasteiger partial charge on any atom is -0.492 e. The van der Waals surface area contributed by atoms with Crippen molar-refractivity contribution in [1.29, 1.82) is 0 Å². The van der Waals surface area contributed by atoms with E-state index in [0.29, 0.717) is 18.0 Å². The van der Waals surface area contributed by atoms with E-state index < -0.39 is 0 Å². The van der Waals surface area contributed by atoms with Crippen LogP contribution >= 0.6 is 0 Å². The van der Waals surface area contributed by atoms with Crippen molar-refractivity contribution in [2.75, 3.05) is 42.3 Å². The molecule has 0 spiro atoms. The van der Waals surface area contributed by atoms with Crippen molar-refractivity contribution in [3.05, 3.63) is 48.5 Å². The molecule has 0 aliphatic carbocycles. The Balaban J connectivity index is 1.59. The number of hydrogen-bond acceptors (Lipinski definition) is 4. The molecule has 3 rings (SSSR count). The first-order valence-corrected chi connectivity index (χ1v) is 9.37. The standard InChI is InChI=1S/C21H27N3O3/c1-3-27-20-9-5-4-8-19(20)23-21(25)22-16-10-12-17(13-11-16)24-14-6-7-18(15-24)26-2/h4-5,8-13,18H,3,6-7,14-15H2,1-2H3,(H2,22,23,25). The average Bonchev–Trinajstić information content (AvgIpc) is 2.70. The molecular weight excluding hydrogens is 342 g/mol. The Hall–Kier alpha value is -2.73. The number of benzene rings is 2. The molecule has 1 aliphatic heterocycles. The zero-order valence-electron chi connectivity index (χ0n) is 15.9. The van der Waals surface area contributed by atoms with Crippen LogP contribution in [-0.2, 0) is 4.74 Å². The van der Waals surface area contributed by atoms with Gasteiger partial charge in [0, 0.05) is 31.6 Å². The first-order valence-electron chi connectivity index (χ1n) is 9.37. The lowest BCUT2D eigenvalue weighted by atomic mass is 10.1. The molecule has 1 atom stereocenters. The summed E-state index contributed by atoms with van der Waals surface area (Å²) in [6.45, 7) is 4.39. The number of methoxy groups -OCH3 is 1. The average molecular weight is 369 g/mol. The van der Waals surface area contributed by atoms with Gasteiger partial charge in [-0.15, -0.1) is 0 Å². The smallest absolute Gasteiger partial charge is 0.323 e. The number of hydrogen-bond donors (Lipinski definition) is 2. The Morgan fingerprint density at radius 2 is 1.93 bits per heavy atom. The molecule has 0 bridgehead atoms. The van der Waals surface area contributed by atoms with Crippen LogP contribution in [0.5, 0.6) is 5.75 Å². The summed E-state index contributed by atoms with van der Waals surface area (Å²) in [6.07, 6.45) is 2.52. The Kier molecular flexibility index (Phi) is 6.54. The molecule has 144 valence electrons. The molecule has 0 radical (unpaired) electrons. The van der Waals surface area contributed by atoms with Crippen molar-refractivity contribution >= 4 is 23.1 Å². The molecular formula is C21H27N3O3. The van der Waals surface area contributed by atoms with Crippen LogP contribution in [0.3, 0.4) is 0 Å². The van der Waals surface area contributed by atoms with E-state index in [-0.39, 0.29) is 12.1 Å². The minimum atomic E-state index is -0.299. The number of carbonyl (C=O) groups excluding carboxylic acids is 1. The van der Waals surface area contributed by atoms with Gasteiger partial charge in [-0.25, -0.2) is 4.79 Å². The number of urea groups is 1. The van der Waals surface area contributed by atoms with Gasteiger partial charge < -0.3 is 25.0 Å². The molecule has 0 saturated carbocycles. The second-order valence-corrected chi connectivity index (χ2v) is 6.50. The van der Waals surface area contributed by atoms with Crippen molar-refractivity contribution in [3.63, 3.8) is 0 Å². The number of piperidine rings is 1. The molecule has 1 saturated heterocycles. The number of para-hydroxylation sites is 2. The van der Waals surface area contributed by atoms with Gasteiger partial charge in [0.15, 0.2) is 0 Å². The summed E-state index contributed by atoms with van der Waals surface area (Å²) in [6, 6.07) is 15.0. The molecule has 1 heterocycles. The van der Waals surface area contributed by atoms with E-state index in [1.807, 2.05) is 55.5 Å². The van der Waals surface area contributed by atoms with Crippen molar-refractivity contribution in [2.24, 2.45) is 0 Å². The van der Waals surface area contributed by atoms with Gasteiger partial charge in [-0.2, -0.15) is 0 Å². The third-order valence-corrected chi connectivity index (χ3v) is 4.64. The van der Waals surface area contributed by atoms with Crippen molar-refractivity contribution in [3.8, 4) is 5.75 Å². The highest BCUT2D eigenvalue weighted by Gasteiger charge is 2.19. The molecule has 0 aromatic heterocycles. The van der Waals surface area contributed by atoms with Gasteiger partial charge in [0.25, 0.3) is 0 Å². The zero-order chi connectivity index (χ0) is 19.1. The third-order valence-electron chi connectivity index (χ3n) is 4.64. The Morgan fingerprint density at radius 1 is 1.15 bits per heavy atom. The Labute approximate surface area is 160 Å². The normalized spacial score (nSPS) is 16.7. The summed E-state index contributed by atoms with van der Waals surface area (Å²) in [5.41, 5.74) is 2.53. The molecule has 2 aromatic carbocycles.